The second kappa shape index (κ2) is 5.59. The van der Waals surface area contributed by atoms with Crippen molar-refractivity contribution in [2.24, 2.45) is 0 Å². The summed E-state index contributed by atoms with van der Waals surface area (Å²) in [6.45, 7) is 1.85. The Morgan fingerprint density at radius 3 is 2.53 bits per heavy atom. The molecule has 0 spiro atoms. The van der Waals surface area contributed by atoms with Crippen LogP contribution < -0.4 is 5.32 Å². The molecule has 0 heterocycles. The molecule has 5 heteroatoms. The van der Waals surface area contributed by atoms with Gasteiger partial charge in [-0.1, -0.05) is 23.2 Å². The standard InChI is InChI=1S/C14H13Cl2NO2/c1-8(11-7-10(18)3-5-14(11)19)17-13-6-9(15)2-4-12(13)16/h2-8,17-19H,1H3. The van der Waals surface area contributed by atoms with Crippen LogP contribution in [0.15, 0.2) is 36.4 Å². The van der Waals surface area contributed by atoms with Gasteiger partial charge in [0.2, 0.25) is 0 Å². The van der Waals surface area contributed by atoms with E-state index in [1.54, 1.807) is 18.2 Å². The first kappa shape index (κ1) is 13.8. The summed E-state index contributed by atoms with van der Waals surface area (Å²) in [4.78, 5) is 0. The lowest BCUT2D eigenvalue weighted by molar-refractivity contribution is 0.451. The largest absolute Gasteiger partial charge is 0.508 e. The molecule has 0 saturated heterocycles. The number of halogens is 2. The fraction of sp³-hybridized carbons (Fsp3) is 0.143. The normalized spacial score (nSPS) is 12.2. The fourth-order valence-corrected chi connectivity index (χ4v) is 2.15. The van der Waals surface area contributed by atoms with Crippen LogP contribution in [0.2, 0.25) is 10.0 Å². The lowest BCUT2D eigenvalue weighted by Gasteiger charge is -2.18. The van der Waals surface area contributed by atoms with E-state index in [9.17, 15) is 10.2 Å². The van der Waals surface area contributed by atoms with Crippen molar-refractivity contribution >= 4 is 28.9 Å². The number of nitrogens with one attached hydrogen (secondary N) is 1. The highest BCUT2D eigenvalue weighted by molar-refractivity contribution is 6.35. The molecule has 0 amide bonds. The zero-order valence-corrected chi connectivity index (χ0v) is 11.7. The molecular weight excluding hydrogens is 285 g/mol. The minimum atomic E-state index is -0.233. The van der Waals surface area contributed by atoms with Gasteiger partial charge in [0, 0.05) is 10.6 Å². The van der Waals surface area contributed by atoms with Gasteiger partial charge < -0.3 is 15.5 Å². The molecular formula is C14H13Cl2NO2. The molecule has 3 nitrogen and oxygen atoms in total. The predicted molar refractivity (Wildman–Crippen MR) is 78.3 cm³/mol. The van der Waals surface area contributed by atoms with Crippen molar-refractivity contribution < 1.29 is 10.2 Å². The predicted octanol–water partition coefficient (Wildman–Crippen LogP) is 4.58. The van der Waals surface area contributed by atoms with Crippen molar-refractivity contribution in [3.63, 3.8) is 0 Å². The van der Waals surface area contributed by atoms with Crippen LogP contribution in [0.25, 0.3) is 0 Å². The number of rotatable bonds is 3. The minimum Gasteiger partial charge on any atom is -0.508 e. The Bertz CT molecular complexity index is 602. The molecule has 3 N–H and O–H groups in total. The summed E-state index contributed by atoms with van der Waals surface area (Å²) in [5.74, 6) is 0.203. The highest BCUT2D eigenvalue weighted by atomic mass is 35.5. The minimum absolute atomic E-state index is 0.0960. The molecule has 0 radical (unpaired) electrons. The molecule has 0 aromatic heterocycles. The molecule has 0 fully saturated rings. The summed E-state index contributed by atoms with van der Waals surface area (Å²) in [5, 5.41) is 23.5. The Balaban J connectivity index is 2.27. The Hall–Kier alpha value is -1.58. The molecule has 19 heavy (non-hydrogen) atoms. The summed E-state index contributed by atoms with van der Waals surface area (Å²) < 4.78 is 0. The van der Waals surface area contributed by atoms with Gasteiger partial charge in [0.05, 0.1) is 16.8 Å². The second-order valence-corrected chi connectivity index (χ2v) is 5.08. The van der Waals surface area contributed by atoms with Crippen LogP contribution in [-0.2, 0) is 0 Å². The smallest absolute Gasteiger partial charge is 0.121 e. The van der Waals surface area contributed by atoms with E-state index in [4.69, 9.17) is 23.2 Å². The lowest BCUT2D eigenvalue weighted by atomic mass is 10.1. The van der Waals surface area contributed by atoms with E-state index >= 15 is 0 Å². The number of benzene rings is 2. The Kier molecular flexibility index (Phi) is 4.08. The average molecular weight is 298 g/mol. The summed E-state index contributed by atoms with van der Waals surface area (Å²) in [6.07, 6.45) is 0. The maximum Gasteiger partial charge on any atom is 0.121 e. The first-order valence-corrected chi connectivity index (χ1v) is 6.46. The third kappa shape index (κ3) is 3.25. The average Bonchev–Trinajstić information content (AvgIpc) is 2.36. The summed E-state index contributed by atoms with van der Waals surface area (Å²) in [7, 11) is 0. The molecule has 0 aliphatic heterocycles. The first-order chi connectivity index (χ1) is 8.97. The zero-order chi connectivity index (χ0) is 14.0. The first-order valence-electron chi connectivity index (χ1n) is 5.71. The van der Waals surface area contributed by atoms with E-state index in [0.717, 1.165) is 0 Å². The molecule has 1 unspecified atom stereocenters. The number of aromatic hydroxyl groups is 2. The van der Waals surface area contributed by atoms with Gasteiger partial charge in [0.1, 0.15) is 11.5 Å². The molecule has 1 atom stereocenters. The van der Waals surface area contributed by atoms with E-state index in [0.29, 0.717) is 21.3 Å². The molecule has 2 rings (SSSR count). The number of hydrogen-bond donors (Lipinski definition) is 3. The van der Waals surface area contributed by atoms with Crippen molar-refractivity contribution in [2.75, 3.05) is 5.32 Å². The molecule has 0 aliphatic rings. The third-order valence-corrected chi connectivity index (χ3v) is 3.34. The van der Waals surface area contributed by atoms with Gasteiger partial charge in [0.25, 0.3) is 0 Å². The van der Waals surface area contributed by atoms with Gasteiger partial charge in [0.15, 0.2) is 0 Å². The molecule has 2 aromatic carbocycles. The summed E-state index contributed by atoms with van der Waals surface area (Å²) >= 11 is 12.0. The molecule has 0 saturated carbocycles. The van der Waals surface area contributed by atoms with Gasteiger partial charge in [-0.15, -0.1) is 0 Å². The third-order valence-electron chi connectivity index (χ3n) is 2.78. The van der Waals surface area contributed by atoms with E-state index < -0.39 is 0 Å². The lowest BCUT2D eigenvalue weighted by Crippen LogP contribution is -2.07. The van der Waals surface area contributed by atoms with Crippen LogP contribution in [-0.4, -0.2) is 10.2 Å². The van der Waals surface area contributed by atoms with Gasteiger partial charge in [-0.25, -0.2) is 0 Å². The highest BCUT2D eigenvalue weighted by Crippen LogP contribution is 2.33. The quantitative estimate of drug-likeness (QED) is 0.727. The van der Waals surface area contributed by atoms with E-state index in [1.165, 1.54) is 18.2 Å². The maximum atomic E-state index is 9.80. The number of anilines is 1. The Morgan fingerprint density at radius 2 is 1.79 bits per heavy atom. The molecule has 0 aliphatic carbocycles. The fourth-order valence-electron chi connectivity index (χ4n) is 1.81. The number of hydrogen-bond acceptors (Lipinski definition) is 3. The Morgan fingerprint density at radius 1 is 1.05 bits per heavy atom. The Labute approximate surface area is 121 Å². The van der Waals surface area contributed by atoms with Gasteiger partial charge in [-0.05, 0) is 43.3 Å². The van der Waals surface area contributed by atoms with Crippen molar-refractivity contribution in [3.8, 4) is 11.5 Å². The molecule has 100 valence electrons. The second-order valence-electron chi connectivity index (χ2n) is 4.23. The van der Waals surface area contributed by atoms with E-state index in [-0.39, 0.29) is 17.5 Å². The van der Waals surface area contributed by atoms with E-state index in [1.807, 2.05) is 6.92 Å². The van der Waals surface area contributed by atoms with Crippen molar-refractivity contribution in [1.82, 2.24) is 0 Å². The topological polar surface area (TPSA) is 52.5 Å². The van der Waals surface area contributed by atoms with Crippen molar-refractivity contribution in [3.05, 3.63) is 52.0 Å². The van der Waals surface area contributed by atoms with Gasteiger partial charge in [-0.2, -0.15) is 0 Å². The maximum absolute atomic E-state index is 9.80. The van der Waals surface area contributed by atoms with Crippen molar-refractivity contribution in [2.45, 2.75) is 13.0 Å². The monoisotopic (exact) mass is 297 g/mol. The summed E-state index contributed by atoms with van der Waals surface area (Å²) in [6, 6.07) is 9.25. The van der Waals surface area contributed by atoms with E-state index in [2.05, 4.69) is 5.32 Å². The van der Waals surface area contributed by atoms with Gasteiger partial charge in [-0.3, -0.25) is 0 Å². The van der Waals surface area contributed by atoms with Crippen LogP contribution in [0.5, 0.6) is 11.5 Å². The molecule has 2 aromatic rings. The molecule has 0 bridgehead atoms. The summed E-state index contributed by atoms with van der Waals surface area (Å²) in [5.41, 5.74) is 1.25. The van der Waals surface area contributed by atoms with Crippen LogP contribution in [0.4, 0.5) is 5.69 Å². The zero-order valence-electron chi connectivity index (χ0n) is 10.2. The van der Waals surface area contributed by atoms with Crippen LogP contribution in [0.3, 0.4) is 0 Å². The van der Waals surface area contributed by atoms with Crippen molar-refractivity contribution in [1.29, 1.82) is 0 Å². The number of phenolic OH excluding ortho intramolecular Hbond substituents is 2. The highest BCUT2D eigenvalue weighted by Gasteiger charge is 2.12. The van der Waals surface area contributed by atoms with Gasteiger partial charge >= 0.3 is 0 Å². The SMILES string of the molecule is CC(Nc1cc(Cl)ccc1Cl)c1cc(O)ccc1O. The number of phenols is 2. The van der Waals surface area contributed by atoms with Crippen LogP contribution in [0.1, 0.15) is 18.5 Å². The van der Waals surface area contributed by atoms with Crippen LogP contribution in [0, 0.1) is 0 Å². The van der Waals surface area contributed by atoms with Crippen LogP contribution >= 0.6 is 23.2 Å².